The molecule has 0 fully saturated rings. The van der Waals surface area contributed by atoms with Crippen molar-refractivity contribution in [2.24, 2.45) is 0 Å². The summed E-state index contributed by atoms with van der Waals surface area (Å²) in [5, 5.41) is 14.0. The van der Waals surface area contributed by atoms with Crippen molar-refractivity contribution in [3.8, 4) is 0 Å². The lowest BCUT2D eigenvalue weighted by Crippen LogP contribution is -2.13. The van der Waals surface area contributed by atoms with Crippen molar-refractivity contribution in [3.05, 3.63) is 34.8 Å². The summed E-state index contributed by atoms with van der Waals surface area (Å²) in [4.78, 5) is 16.6. The molecule has 0 aromatic carbocycles. The first kappa shape index (κ1) is 12.3. The number of carbonyl (C=O) groups is 1. The lowest BCUT2D eigenvalue weighted by molar-refractivity contribution is 0.102. The van der Waals surface area contributed by atoms with Crippen LogP contribution in [-0.2, 0) is 0 Å². The predicted molar refractivity (Wildman–Crippen MR) is 72.6 cm³/mol. The van der Waals surface area contributed by atoms with Crippen molar-refractivity contribution >= 4 is 22.8 Å². The molecule has 2 N–H and O–H groups in total. The van der Waals surface area contributed by atoms with Crippen LogP contribution in [0.4, 0.5) is 5.82 Å². The SMILES string of the molecule is Cc1cc(C(=O)Nc2cc(C)[nH]n2)c2c(C)noc2n1. The normalized spacial score (nSPS) is 10.9. The second-order valence-corrected chi connectivity index (χ2v) is 4.65. The van der Waals surface area contributed by atoms with E-state index in [-0.39, 0.29) is 5.91 Å². The van der Waals surface area contributed by atoms with Crippen LogP contribution >= 0.6 is 0 Å². The molecule has 7 nitrogen and oxygen atoms in total. The Hall–Kier alpha value is -2.70. The summed E-state index contributed by atoms with van der Waals surface area (Å²) in [5.74, 6) is 0.211. The van der Waals surface area contributed by atoms with Gasteiger partial charge < -0.3 is 9.84 Å². The summed E-state index contributed by atoms with van der Waals surface area (Å²) in [7, 11) is 0. The van der Waals surface area contributed by atoms with E-state index in [1.807, 2.05) is 6.92 Å². The third kappa shape index (κ3) is 2.03. The topological polar surface area (TPSA) is 96.7 Å². The van der Waals surface area contributed by atoms with Crippen molar-refractivity contribution in [1.29, 1.82) is 0 Å². The highest BCUT2D eigenvalue weighted by Crippen LogP contribution is 2.22. The highest BCUT2D eigenvalue weighted by atomic mass is 16.5. The maximum absolute atomic E-state index is 12.4. The summed E-state index contributed by atoms with van der Waals surface area (Å²) in [6.45, 7) is 5.44. The van der Waals surface area contributed by atoms with E-state index in [0.29, 0.717) is 33.9 Å². The zero-order valence-corrected chi connectivity index (χ0v) is 11.3. The molecule has 0 aliphatic rings. The van der Waals surface area contributed by atoms with Gasteiger partial charge in [0.2, 0.25) is 0 Å². The number of pyridine rings is 1. The lowest BCUT2D eigenvalue weighted by Gasteiger charge is -2.04. The molecule has 20 heavy (non-hydrogen) atoms. The minimum Gasteiger partial charge on any atom is -0.336 e. The third-order valence-electron chi connectivity index (χ3n) is 2.94. The van der Waals surface area contributed by atoms with Gasteiger partial charge in [-0.3, -0.25) is 9.89 Å². The first-order valence-corrected chi connectivity index (χ1v) is 6.11. The van der Waals surface area contributed by atoms with Crippen LogP contribution in [0.15, 0.2) is 16.7 Å². The van der Waals surface area contributed by atoms with Gasteiger partial charge in [0.15, 0.2) is 5.82 Å². The van der Waals surface area contributed by atoms with Crippen LogP contribution in [0.3, 0.4) is 0 Å². The Kier molecular flexibility index (Phi) is 2.74. The van der Waals surface area contributed by atoms with Crippen molar-refractivity contribution in [2.45, 2.75) is 20.8 Å². The zero-order chi connectivity index (χ0) is 14.3. The number of rotatable bonds is 2. The standard InChI is InChI=1S/C13H13N5O2/c1-6-4-9(11-8(3)18-20-13(11)14-6)12(19)15-10-5-7(2)16-17-10/h4-5H,1-3H3,(H2,15,16,17,19). The van der Waals surface area contributed by atoms with E-state index in [1.165, 1.54) is 0 Å². The number of hydrogen-bond donors (Lipinski definition) is 2. The predicted octanol–water partition coefficient (Wildman–Crippen LogP) is 2.12. The van der Waals surface area contributed by atoms with E-state index in [9.17, 15) is 4.79 Å². The van der Waals surface area contributed by atoms with Crippen LogP contribution in [0.25, 0.3) is 11.1 Å². The Morgan fingerprint density at radius 1 is 1.30 bits per heavy atom. The molecule has 7 heteroatoms. The Labute approximate surface area is 114 Å². The number of amides is 1. The van der Waals surface area contributed by atoms with Gasteiger partial charge in [-0.25, -0.2) is 4.98 Å². The molecule has 0 saturated heterocycles. The summed E-state index contributed by atoms with van der Waals surface area (Å²) in [6, 6.07) is 3.46. The van der Waals surface area contributed by atoms with E-state index in [2.05, 4.69) is 25.7 Å². The Morgan fingerprint density at radius 3 is 2.80 bits per heavy atom. The van der Waals surface area contributed by atoms with Gasteiger partial charge in [-0.15, -0.1) is 0 Å². The van der Waals surface area contributed by atoms with E-state index >= 15 is 0 Å². The molecule has 1 amide bonds. The monoisotopic (exact) mass is 271 g/mol. The summed E-state index contributed by atoms with van der Waals surface area (Å²) in [6.07, 6.45) is 0. The number of fused-ring (bicyclic) bond motifs is 1. The van der Waals surface area contributed by atoms with E-state index in [0.717, 1.165) is 5.69 Å². The number of anilines is 1. The third-order valence-corrected chi connectivity index (χ3v) is 2.94. The number of hydrogen-bond acceptors (Lipinski definition) is 5. The average molecular weight is 271 g/mol. The van der Waals surface area contributed by atoms with Crippen molar-refractivity contribution in [2.75, 3.05) is 5.32 Å². The van der Waals surface area contributed by atoms with Gasteiger partial charge in [-0.2, -0.15) is 5.10 Å². The van der Waals surface area contributed by atoms with Gasteiger partial charge in [-0.1, -0.05) is 5.16 Å². The van der Waals surface area contributed by atoms with Crippen molar-refractivity contribution in [1.82, 2.24) is 20.3 Å². The van der Waals surface area contributed by atoms with Gasteiger partial charge in [0, 0.05) is 17.5 Å². The number of aromatic amines is 1. The summed E-state index contributed by atoms with van der Waals surface area (Å²) < 4.78 is 5.11. The number of nitrogens with one attached hydrogen (secondary N) is 2. The van der Waals surface area contributed by atoms with Crippen LogP contribution in [0, 0.1) is 20.8 Å². The van der Waals surface area contributed by atoms with Crippen LogP contribution in [0.5, 0.6) is 0 Å². The molecule has 0 bridgehead atoms. The number of aromatic nitrogens is 4. The summed E-state index contributed by atoms with van der Waals surface area (Å²) >= 11 is 0. The first-order valence-electron chi connectivity index (χ1n) is 6.11. The average Bonchev–Trinajstić information content (AvgIpc) is 2.95. The Balaban J connectivity index is 2.04. The molecule has 102 valence electrons. The minimum absolute atomic E-state index is 0.265. The second kappa shape index (κ2) is 4.44. The van der Waals surface area contributed by atoms with E-state index in [4.69, 9.17) is 4.52 Å². The van der Waals surface area contributed by atoms with Crippen LogP contribution in [-0.4, -0.2) is 26.2 Å². The maximum Gasteiger partial charge on any atom is 0.258 e. The Morgan fingerprint density at radius 2 is 2.10 bits per heavy atom. The second-order valence-electron chi connectivity index (χ2n) is 4.65. The van der Waals surface area contributed by atoms with Gasteiger partial charge in [0.05, 0.1) is 16.6 Å². The molecule has 3 aromatic heterocycles. The molecular formula is C13H13N5O2. The molecular weight excluding hydrogens is 258 g/mol. The van der Waals surface area contributed by atoms with Crippen LogP contribution < -0.4 is 5.32 Å². The largest absolute Gasteiger partial charge is 0.336 e. The quantitative estimate of drug-likeness (QED) is 0.744. The van der Waals surface area contributed by atoms with Crippen LogP contribution in [0.2, 0.25) is 0 Å². The van der Waals surface area contributed by atoms with Crippen LogP contribution in [0.1, 0.15) is 27.4 Å². The number of carbonyl (C=O) groups excluding carboxylic acids is 1. The lowest BCUT2D eigenvalue weighted by atomic mass is 10.1. The smallest absolute Gasteiger partial charge is 0.258 e. The van der Waals surface area contributed by atoms with Gasteiger partial charge in [0.1, 0.15) is 0 Å². The highest BCUT2D eigenvalue weighted by Gasteiger charge is 2.18. The highest BCUT2D eigenvalue weighted by molar-refractivity contribution is 6.12. The first-order chi connectivity index (χ1) is 9.54. The van der Waals surface area contributed by atoms with Crippen molar-refractivity contribution in [3.63, 3.8) is 0 Å². The Bertz CT molecular complexity index is 802. The molecule has 3 rings (SSSR count). The van der Waals surface area contributed by atoms with Gasteiger partial charge in [-0.05, 0) is 26.8 Å². The number of nitrogens with zero attached hydrogens (tertiary/aromatic N) is 3. The van der Waals surface area contributed by atoms with Gasteiger partial charge in [0.25, 0.3) is 11.6 Å². The molecule has 0 radical (unpaired) electrons. The fraction of sp³-hybridized carbons (Fsp3) is 0.231. The maximum atomic E-state index is 12.4. The number of H-pyrrole nitrogens is 1. The molecule has 3 heterocycles. The molecule has 0 unspecified atom stereocenters. The molecule has 0 aliphatic carbocycles. The van der Waals surface area contributed by atoms with E-state index < -0.39 is 0 Å². The zero-order valence-electron chi connectivity index (χ0n) is 11.3. The molecule has 0 saturated carbocycles. The molecule has 3 aromatic rings. The fourth-order valence-corrected chi connectivity index (χ4v) is 2.06. The minimum atomic E-state index is -0.265. The van der Waals surface area contributed by atoms with Crippen molar-refractivity contribution < 1.29 is 9.32 Å². The fourth-order valence-electron chi connectivity index (χ4n) is 2.06. The molecule has 0 aliphatic heterocycles. The van der Waals surface area contributed by atoms with Gasteiger partial charge >= 0.3 is 0 Å². The summed E-state index contributed by atoms with van der Waals surface area (Å²) in [5.41, 5.74) is 3.04. The van der Waals surface area contributed by atoms with E-state index in [1.54, 1.807) is 26.0 Å². The molecule has 0 spiro atoms. The molecule has 0 atom stereocenters. The number of aryl methyl sites for hydroxylation is 3.